The van der Waals surface area contributed by atoms with Crippen LogP contribution in [0.15, 0.2) is 0 Å². The predicted molar refractivity (Wildman–Crippen MR) is 84.8 cm³/mol. The molecule has 1 N–H and O–H groups in total. The maximum atomic E-state index is 3.60. The molecule has 0 aromatic heterocycles. The first-order valence-corrected chi connectivity index (χ1v) is 8.14. The van der Waals surface area contributed by atoms with Crippen molar-refractivity contribution in [2.45, 2.75) is 64.0 Å². The van der Waals surface area contributed by atoms with Gasteiger partial charge in [-0.2, -0.15) is 0 Å². The molecule has 114 valence electrons. The summed E-state index contributed by atoms with van der Waals surface area (Å²) in [5.74, 6) is 0. The van der Waals surface area contributed by atoms with Gasteiger partial charge in [0.2, 0.25) is 0 Å². The van der Waals surface area contributed by atoms with Gasteiger partial charge in [0.25, 0.3) is 0 Å². The van der Waals surface area contributed by atoms with Crippen molar-refractivity contribution in [3.8, 4) is 0 Å². The number of rotatable bonds is 10. The monoisotopic (exact) mass is 269 g/mol. The van der Waals surface area contributed by atoms with Gasteiger partial charge in [-0.05, 0) is 59.8 Å². The van der Waals surface area contributed by atoms with Crippen LogP contribution in [0.5, 0.6) is 0 Å². The van der Waals surface area contributed by atoms with E-state index < -0.39 is 0 Å². The van der Waals surface area contributed by atoms with Gasteiger partial charge in [-0.3, -0.25) is 0 Å². The van der Waals surface area contributed by atoms with E-state index in [1.165, 1.54) is 45.1 Å². The summed E-state index contributed by atoms with van der Waals surface area (Å²) in [4.78, 5) is 5.06. The summed E-state index contributed by atoms with van der Waals surface area (Å²) in [6, 6.07) is 0.689. The Morgan fingerprint density at radius 2 is 1.79 bits per heavy atom. The minimum atomic E-state index is 0.450. The molecule has 1 aliphatic carbocycles. The Balaban J connectivity index is 2.48. The van der Waals surface area contributed by atoms with Gasteiger partial charge in [0, 0.05) is 24.7 Å². The van der Waals surface area contributed by atoms with Crippen LogP contribution in [0.25, 0.3) is 0 Å². The van der Waals surface area contributed by atoms with Gasteiger partial charge in [-0.15, -0.1) is 0 Å². The molecule has 0 heterocycles. The fourth-order valence-electron chi connectivity index (χ4n) is 3.18. The second-order valence-corrected chi connectivity index (χ2v) is 6.53. The van der Waals surface area contributed by atoms with Crippen LogP contribution in [0.2, 0.25) is 0 Å². The summed E-state index contributed by atoms with van der Waals surface area (Å²) in [7, 11) is 6.81. The fraction of sp³-hybridized carbons (Fsp3) is 1.00. The molecule has 0 aromatic rings. The van der Waals surface area contributed by atoms with Crippen LogP contribution in [-0.2, 0) is 0 Å². The molecule has 19 heavy (non-hydrogen) atoms. The third kappa shape index (κ3) is 4.73. The Kier molecular flexibility index (Phi) is 7.33. The molecule has 0 radical (unpaired) electrons. The van der Waals surface area contributed by atoms with Crippen molar-refractivity contribution < 1.29 is 0 Å². The zero-order valence-electron chi connectivity index (χ0n) is 13.8. The molecular weight excluding hydrogens is 234 g/mol. The zero-order valence-corrected chi connectivity index (χ0v) is 13.8. The molecular formula is C16H35N3. The first-order chi connectivity index (χ1) is 9.05. The fourth-order valence-corrected chi connectivity index (χ4v) is 3.18. The highest BCUT2D eigenvalue weighted by atomic mass is 15.2. The minimum absolute atomic E-state index is 0.450. The van der Waals surface area contributed by atoms with Gasteiger partial charge < -0.3 is 15.1 Å². The van der Waals surface area contributed by atoms with Gasteiger partial charge in [0.1, 0.15) is 0 Å². The van der Waals surface area contributed by atoms with E-state index >= 15 is 0 Å². The van der Waals surface area contributed by atoms with Gasteiger partial charge in [-0.1, -0.05) is 20.3 Å². The summed E-state index contributed by atoms with van der Waals surface area (Å²) in [5.41, 5.74) is 0.450. The van der Waals surface area contributed by atoms with E-state index in [4.69, 9.17) is 0 Å². The van der Waals surface area contributed by atoms with Crippen molar-refractivity contribution >= 4 is 0 Å². The second kappa shape index (κ2) is 8.23. The first-order valence-electron chi connectivity index (χ1n) is 8.14. The molecule has 3 nitrogen and oxygen atoms in total. The molecule has 0 aliphatic heterocycles. The Bertz CT molecular complexity index is 236. The van der Waals surface area contributed by atoms with Crippen LogP contribution in [0, 0.1) is 0 Å². The molecule has 1 atom stereocenters. The number of nitrogens with one attached hydrogen (secondary N) is 1. The molecule has 0 aromatic carbocycles. The quantitative estimate of drug-likeness (QED) is 0.615. The molecule has 1 rings (SSSR count). The molecule has 3 heteroatoms. The van der Waals surface area contributed by atoms with E-state index in [2.05, 4.69) is 50.1 Å². The average Bonchev–Trinajstić information content (AvgIpc) is 2.32. The van der Waals surface area contributed by atoms with Crippen molar-refractivity contribution in [2.75, 3.05) is 40.8 Å². The lowest BCUT2D eigenvalue weighted by Gasteiger charge is -2.50. The summed E-state index contributed by atoms with van der Waals surface area (Å²) in [6.45, 7) is 8.04. The van der Waals surface area contributed by atoms with E-state index in [0.717, 1.165) is 13.1 Å². The van der Waals surface area contributed by atoms with Crippen LogP contribution >= 0.6 is 0 Å². The van der Waals surface area contributed by atoms with Crippen molar-refractivity contribution in [2.24, 2.45) is 0 Å². The largest absolute Gasteiger partial charge is 0.315 e. The van der Waals surface area contributed by atoms with Crippen LogP contribution in [0.4, 0.5) is 0 Å². The Morgan fingerprint density at radius 1 is 1.11 bits per heavy atom. The predicted octanol–water partition coefficient (Wildman–Crippen LogP) is 2.57. The lowest BCUT2D eigenvalue weighted by molar-refractivity contribution is 0.0149. The maximum absolute atomic E-state index is 3.60. The lowest BCUT2D eigenvalue weighted by atomic mass is 9.75. The standard InChI is InChI=1S/C16H35N3/c1-6-9-15(13-17-12-7-2)19(5)14-16(18(3)4)10-8-11-16/h15,17H,6-14H2,1-5H3. The SMILES string of the molecule is CCCNCC(CCC)N(C)CC1(N(C)C)CCC1. The Morgan fingerprint density at radius 3 is 2.21 bits per heavy atom. The highest BCUT2D eigenvalue weighted by molar-refractivity contribution is 4.98. The highest BCUT2D eigenvalue weighted by Crippen LogP contribution is 2.37. The summed E-state index contributed by atoms with van der Waals surface area (Å²) >= 11 is 0. The Hall–Kier alpha value is -0.120. The van der Waals surface area contributed by atoms with Crippen molar-refractivity contribution in [3.05, 3.63) is 0 Å². The van der Waals surface area contributed by atoms with Crippen molar-refractivity contribution in [1.82, 2.24) is 15.1 Å². The molecule has 1 fully saturated rings. The smallest absolute Gasteiger partial charge is 0.0330 e. The molecule has 0 spiro atoms. The van der Waals surface area contributed by atoms with Gasteiger partial charge in [0.15, 0.2) is 0 Å². The van der Waals surface area contributed by atoms with E-state index in [1.54, 1.807) is 0 Å². The lowest BCUT2D eigenvalue weighted by Crippen LogP contribution is -2.58. The van der Waals surface area contributed by atoms with E-state index in [9.17, 15) is 0 Å². The molecule has 0 bridgehead atoms. The van der Waals surface area contributed by atoms with Crippen LogP contribution in [0.1, 0.15) is 52.4 Å². The molecule has 0 amide bonds. The normalized spacial score (nSPS) is 19.7. The molecule has 1 saturated carbocycles. The molecule has 1 aliphatic rings. The van der Waals surface area contributed by atoms with E-state index in [1.807, 2.05) is 0 Å². The molecule has 0 saturated heterocycles. The van der Waals surface area contributed by atoms with Gasteiger partial charge in [-0.25, -0.2) is 0 Å². The summed E-state index contributed by atoms with van der Waals surface area (Å²) in [6.07, 6.45) is 7.94. The maximum Gasteiger partial charge on any atom is 0.0330 e. The van der Waals surface area contributed by atoms with E-state index in [-0.39, 0.29) is 0 Å². The number of hydrogen-bond donors (Lipinski definition) is 1. The van der Waals surface area contributed by atoms with Crippen LogP contribution in [0.3, 0.4) is 0 Å². The highest BCUT2D eigenvalue weighted by Gasteiger charge is 2.40. The number of hydrogen-bond acceptors (Lipinski definition) is 3. The van der Waals surface area contributed by atoms with Crippen LogP contribution in [-0.4, -0.2) is 62.2 Å². The van der Waals surface area contributed by atoms with Gasteiger partial charge >= 0.3 is 0 Å². The third-order valence-corrected chi connectivity index (χ3v) is 4.83. The van der Waals surface area contributed by atoms with Gasteiger partial charge in [0.05, 0.1) is 0 Å². The number of likely N-dealkylation sites (N-methyl/N-ethyl adjacent to an activating group) is 2. The third-order valence-electron chi connectivity index (χ3n) is 4.83. The van der Waals surface area contributed by atoms with Crippen molar-refractivity contribution in [3.63, 3.8) is 0 Å². The summed E-state index contributed by atoms with van der Waals surface area (Å²) in [5, 5.41) is 3.60. The first kappa shape index (κ1) is 16.9. The topological polar surface area (TPSA) is 18.5 Å². The molecule has 1 unspecified atom stereocenters. The van der Waals surface area contributed by atoms with E-state index in [0.29, 0.717) is 11.6 Å². The average molecular weight is 269 g/mol. The van der Waals surface area contributed by atoms with Crippen LogP contribution < -0.4 is 5.32 Å². The number of nitrogens with zero attached hydrogens (tertiary/aromatic N) is 2. The Labute approximate surface area is 120 Å². The summed E-state index contributed by atoms with van der Waals surface area (Å²) < 4.78 is 0. The second-order valence-electron chi connectivity index (χ2n) is 6.53. The van der Waals surface area contributed by atoms with Crippen molar-refractivity contribution in [1.29, 1.82) is 0 Å². The zero-order chi connectivity index (χ0) is 14.3. The minimum Gasteiger partial charge on any atom is -0.315 e.